The summed E-state index contributed by atoms with van der Waals surface area (Å²) in [7, 11) is 2.10. The molecule has 1 aromatic rings. The Morgan fingerprint density at radius 3 is 2.27 bits per heavy atom. The van der Waals surface area contributed by atoms with Crippen LogP contribution in [-0.2, 0) is 11.3 Å². The maximum atomic E-state index is 13.4. The van der Waals surface area contributed by atoms with E-state index < -0.39 is 0 Å². The quantitative estimate of drug-likeness (QED) is 0.205. The molecule has 7 nitrogen and oxygen atoms in total. The van der Waals surface area contributed by atoms with Gasteiger partial charge < -0.3 is 9.80 Å². The van der Waals surface area contributed by atoms with Gasteiger partial charge >= 0.3 is 0 Å². The van der Waals surface area contributed by atoms with Gasteiger partial charge in [0.05, 0.1) is 4.91 Å². The van der Waals surface area contributed by atoms with Crippen LogP contribution in [0.15, 0.2) is 9.70 Å². The Kier molecular flexibility index (Phi) is 11.2. The summed E-state index contributed by atoms with van der Waals surface area (Å²) in [6.07, 6.45) is 10.6. The van der Waals surface area contributed by atoms with Crippen molar-refractivity contribution >= 4 is 46.1 Å². The van der Waals surface area contributed by atoms with Crippen LogP contribution in [0.1, 0.15) is 81.9 Å². The van der Waals surface area contributed by atoms with Crippen molar-refractivity contribution in [2.24, 2.45) is 0 Å². The smallest absolute Gasteiger partial charge is 0.270 e. The van der Waals surface area contributed by atoms with E-state index >= 15 is 0 Å². The second kappa shape index (κ2) is 14.1. The molecule has 1 aromatic heterocycles. The third kappa shape index (κ3) is 7.04. The van der Waals surface area contributed by atoms with Crippen LogP contribution < -0.4 is 10.5 Å². The fourth-order valence-corrected chi connectivity index (χ4v) is 6.19. The number of anilines is 1. The Balaban J connectivity index is 1.98. The Hall–Kier alpha value is -2.15. The number of carbonyl (C=O) groups excluding carboxylic acids is 1. The molecule has 0 unspecified atom stereocenters. The summed E-state index contributed by atoms with van der Waals surface area (Å²) in [4.78, 5) is 33.6. The minimum atomic E-state index is -0.241. The molecule has 3 heterocycles. The van der Waals surface area contributed by atoms with Crippen molar-refractivity contribution in [1.29, 1.82) is 5.26 Å². The van der Waals surface area contributed by atoms with Crippen LogP contribution in [0.5, 0.6) is 0 Å². The molecule has 2 aliphatic rings. The number of unbranched alkanes of at least 4 members (excludes halogenated alkanes) is 6. The SMILES string of the molecule is CCCCCCCCN1C(=O)/C(=C/c2c(C)c(C#N)c(=O)n(CCCC)c2N2CCN(C)CC2)SC1=S. The Labute approximate surface area is 231 Å². The van der Waals surface area contributed by atoms with Crippen molar-refractivity contribution in [3.05, 3.63) is 31.9 Å². The normalized spacial score (nSPS) is 17.8. The van der Waals surface area contributed by atoms with Gasteiger partial charge in [0.15, 0.2) is 0 Å². The van der Waals surface area contributed by atoms with E-state index in [4.69, 9.17) is 12.2 Å². The highest BCUT2D eigenvalue weighted by atomic mass is 32.2. The lowest BCUT2D eigenvalue weighted by atomic mass is 10.0. The fourth-order valence-electron chi connectivity index (χ4n) is 4.90. The predicted octanol–water partition coefficient (Wildman–Crippen LogP) is 5.14. The summed E-state index contributed by atoms with van der Waals surface area (Å²) in [5.41, 5.74) is 1.34. The van der Waals surface area contributed by atoms with Crippen molar-refractivity contribution in [2.45, 2.75) is 78.7 Å². The summed E-state index contributed by atoms with van der Waals surface area (Å²) >= 11 is 6.92. The van der Waals surface area contributed by atoms with Crippen LogP contribution >= 0.6 is 24.0 Å². The number of likely N-dealkylation sites (N-methyl/N-ethyl adjacent to an activating group) is 1. The van der Waals surface area contributed by atoms with Crippen molar-refractivity contribution < 1.29 is 4.79 Å². The van der Waals surface area contributed by atoms with Gasteiger partial charge in [-0.1, -0.05) is 76.4 Å². The molecular formula is C28H41N5O2S2. The second-order valence-electron chi connectivity index (χ2n) is 10.1. The minimum Gasteiger partial charge on any atom is -0.355 e. The van der Waals surface area contributed by atoms with Crippen molar-refractivity contribution in [2.75, 3.05) is 44.7 Å². The molecule has 9 heteroatoms. The first kappa shape index (κ1) is 29.4. The molecular weight excluding hydrogens is 502 g/mol. The van der Waals surface area contributed by atoms with Crippen LogP contribution in [0.25, 0.3) is 6.08 Å². The van der Waals surface area contributed by atoms with Crippen molar-refractivity contribution in [3.8, 4) is 6.07 Å². The van der Waals surface area contributed by atoms with E-state index in [2.05, 4.69) is 36.8 Å². The molecule has 0 aromatic carbocycles. The highest BCUT2D eigenvalue weighted by molar-refractivity contribution is 8.26. The number of thioether (sulfide) groups is 1. The molecule has 0 radical (unpaired) electrons. The number of piperazine rings is 1. The highest BCUT2D eigenvalue weighted by Crippen LogP contribution is 2.36. The molecule has 202 valence electrons. The molecule has 0 spiro atoms. The summed E-state index contributed by atoms with van der Waals surface area (Å²) in [5, 5.41) is 9.88. The molecule has 2 saturated heterocycles. The number of hydrogen-bond donors (Lipinski definition) is 0. The second-order valence-corrected chi connectivity index (χ2v) is 11.7. The highest BCUT2D eigenvalue weighted by Gasteiger charge is 2.33. The van der Waals surface area contributed by atoms with E-state index in [-0.39, 0.29) is 17.0 Å². The van der Waals surface area contributed by atoms with Gasteiger partial charge in [-0.15, -0.1) is 0 Å². The van der Waals surface area contributed by atoms with Crippen molar-refractivity contribution in [3.63, 3.8) is 0 Å². The van der Waals surface area contributed by atoms with Gasteiger partial charge in [-0.3, -0.25) is 19.1 Å². The van der Waals surface area contributed by atoms with Gasteiger partial charge in [-0.25, -0.2) is 0 Å². The molecule has 37 heavy (non-hydrogen) atoms. The summed E-state index contributed by atoms with van der Waals surface area (Å²) < 4.78 is 2.35. The third-order valence-electron chi connectivity index (χ3n) is 7.27. The van der Waals surface area contributed by atoms with Crippen molar-refractivity contribution in [1.82, 2.24) is 14.4 Å². The van der Waals surface area contributed by atoms with Gasteiger partial charge in [0, 0.05) is 44.8 Å². The van der Waals surface area contributed by atoms with Gasteiger partial charge in [0.25, 0.3) is 11.5 Å². The van der Waals surface area contributed by atoms with E-state index in [1.807, 2.05) is 13.0 Å². The van der Waals surface area contributed by atoms with Crippen LogP contribution in [0.4, 0.5) is 5.82 Å². The number of thiocarbonyl (C=S) groups is 1. The lowest BCUT2D eigenvalue weighted by Crippen LogP contribution is -2.47. The zero-order chi connectivity index (χ0) is 26.9. The summed E-state index contributed by atoms with van der Waals surface area (Å²) in [6.45, 7) is 10.7. The Morgan fingerprint density at radius 2 is 1.62 bits per heavy atom. The molecule has 0 saturated carbocycles. The van der Waals surface area contributed by atoms with Gasteiger partial charge in [0.1, 0.15) is 21.8 Å². The molecule has 3 rings (SSSR count). The molecule has 2 aliphatic heterocycles. The van der Waals surface area contributed by atoms with E-state index in [9.17, 15) is 14.9 Å². The Bertz CT molecular complexity index is 1110. The predicted molar refractivity (Wildman–Crippen MR) is 158 cm³/mol. The number of rotatable bonds is 12. The van der Waals surface area contributed by atoms with Gasteiger partial charge in [-0.05, 0) is 38.5 Å². The number of amides is 1. The van der Waals surface area contributed by atoms with E-state index in [1.165, 1.54) is 37.4 Å². The van der Waals surface area contributed by atoms with E-state index in [0.717, 1.165) is 63.2 Å². The van der Waals surface area contributed by atoms with Gasteiger partial charge in [0.2, 0.25) is 0 Å². The van der Waals surface area contributed by atoms with Crippen LogP contribution in [0.2, 0.25) is 0 Å². The van der Waals surface area contributed by atoms with Crippen LogP contribution in [0.3, 0.4) is 0 Å². The number of nitriles is 1. The topological polar surface area (TPSA) is 72.6 Å². The molecule has 0 atom stereocenters. The average molecular weight is 544 g/mol. The zero-order valence-corrected chi connectivity index (χ0v) is 24.5. The molecule has 0 aliphatic carbocycles. The average Bonchev–Trinajstić information content (AvgIpc) is 3.15. The standard InChI is InChI=1S/C28H41N5O2S2/c1-5-7-9-10-11-12-14-33-27(35)24(37-28(33)36)19-22-21(3)23(20-29)26(34)32(13-8-6-2)25(22)31-17-15-30(4)16-18-31/h19H,5-18H2,1-4H3/b24-19-. The maximum Gasteiger partial charge on any atom is 0.270 e. The van der Waals surface area contributed by atoms with Crippen LogP contribution in [0, 0.1) is 18.3 Å². The van der Waals surface area contributed by atoms with Gasteiger partial charge in [-0.2, -0.15) is 5.26 Å². The number of aromatic nitrogens is 1. The van der Waals surface area contributed by atoms with Crippen LogP contribution in [-0.4, -0.2) is 64.4 Å². The largest absolute Gasteiger partial charge is 0.355 e. The number of hydrogen-bond acceptors (Lipinski definition) is 7. The monoisotopic (exact) mass is 543 g/mol. The third-order valence-corrected chi connectivity index (χ3v) is 8.65. The number of pyridine rings is 1. The van der Waals surface area contributed by atoms with E-state index in [0.29, 0.717) is 27.9 Å². The lowest BCUT2D eigenvalue weighted by molar-refractivity contribution is -0.122. The molecule has 0 bridgehead atoms. The molecule has 1 amide bonds. The first-order valence-electron chi connectivity index (χ1n) is 13.7. The fraction of sp³-hybridized carbons (Fsp3) is 0.643. The zero-order valence-electron chi connectivity index (χ0n) is 22.8. The molecule has 0 N–H and O–H groups in total. The van der Waals surface area contributed by atoms with E-state index in [1.54, 1.807) is 9.47 Å². The number of carbonyl (C=O) groups is 1. The first-order valence-corrected chi connectivity index (χ1v) is 14.9. The first-order chi connectivity index (χ1) is 17.8. The summed E-state index contributed by atoms with van der Waals surface area (Å²) in [5.74, 6) is 0.751. The summed E-state index contributed by atoms with van der Waals surface area (Å²) in [6, 6.07) is 2.14. The Morgan fingerprint density at radius 1 is 0.973 bits per heavy atom. The lowest BCUT2D eigenvalue weighted by Gasteiger charge is -2.36. The number of nitrogens with zero attached hydrogens (tertiary/aromatic N) is 5. The minimum absolute atomic E-state index is 0.0721. The maximum absolute atomic E-state index is 13.4. The molecule has 2 fully saturated rings.